The van der Waals surface area contributed by atoms with Gasteiger partial charge in [0.15, 0.2) is 5.60 Å². The molecule has 33 heavy (non-hydrogen) atoms. The maximum Gasteiger partial charge on any atom is 0.340 e. The van der Waals surface area contributed by atoms with Crippen molar-refractivity contribution in [2.24, 2.45) is 5.41 Å². The van der Waals surface area contributed by atoms with E-state index in [0.717, 1.165) is 6.92 Å². The minimum atomic E-state index is -4.26. The van der Waals surface area contributed by atoms with Crippen LogP contribution in [0.15, 0.2) is 24.5 Å². The second kappa shape index (κ2) is 11.5. The summed E-state index contributed by atoms with van der Waals surface area (Å²) in [5.41, 5.74) is -4.05. The molecule has 1 heterocycles. The highest BCUT2D eigenvalue weighted by Crippen LogP contribution is 2.40. The van der Waals surface area contributed by atoms with Gasteiger partial charge in [-0.3, -0.25) is 14.0 Å². The quantitative estimate of drug-likeness (QED) is 0.208. The van der Waals surface area contributed by atoms with Crippen LogP contribution in [0.25, 0.3) is 0 Å². The fourth-order valence-electron chi connectivity index (χ4n) is 2.97. The van der Waals surface area contributed by atoms with Gasteiger partial charge >= 0.3 is 11.9 Å². The summed E-state index contributed by atoms with van der Waals surface area (Å²) in [4.78, 5) is 39.1. The highest BCUT2D eigenvalue weighted by molar-refractivity contribution is 7.86. The maximum atomic E-state index is 12.7. The van der Waals surface area contributed by atoms with E-state index in [-0.39, 0.29) is 30.9 Å². The van der Waals surface area contributed by atoms with Gasteiger partial charge in [0.1, 0.15) is 12.2 Å². The normalized spacial score (nSPS) is 15.7. The second-order valence-corrected chi connectivity index (χ2v) is 10.0. The van der Waals surface area contributed by atoms with Gasteiger partial charge in [0, 0.05) is 31.3 Å². The van der Waals surface area contributed by atoms with Crippen molar-refractivity contribution >= 4 is 28.0 Å². The number of aromatic nitrogens is 1. The van der Waals surface area contributed by atoms with Gasteiger partial charge in [-0.15, -0.1) is 0 Å². The number of hydrogen-bond acceptors (Lipinski definition) is 9. The smallest absolute Gasteiger partial charge is 0.340 e. The van der Waals surface area contributed by atoms with Crippen LogP contribution in [0.2, 0.25) is 0 Å². The molecule has 0 saturated carbocycles. The third kappa shape index (κ3) is 7.76. The summed E-state index contributed by atoms with van der Waals surface area (Å²) in [5.74, 6) is -3.21. The Morgan fingerprint density at radius 2 is 1.88 bits per heavy atom. The lowest BCUT2D eigenvalue weighted by molar-refractivity contribution is -0.185. The van der Waals surface area contributed by atoms with E-state index in [1.54, 1.807) is 6.92 Å². The molecule has 11 nitrogen and oxygen atoms in total. The Morgan fingerprint density at radius 3 is 2.36 bits per heavy atom. The van der Waals surface area contributed by atoms with E-state index in [1.165, 1.54) is 45.3 Å². The lowest BCUT2D eigenvalue weighted by Gasteiger charge is -2.44. The summed E-state index contributed by atoms with van der Waals surface area (Å²) in [6.07, 6.45) is 0.0696. The molecule has 0 fully saturated rings. The molecule has 1 aromatic rings. The van der Waals surface area contributed by atoms with Crippen molar-refractivity contribution in [2.45, 2.75) is 65.3 Å². The average molecular weight is 489 g/mol. The lowest BCUT2D eigenvalue weighted by Crippen LogP contribution is -2.59. The molecule has 186 valence electrons. The van der Waals surface area contributed by atoms with Crippen molar-refractivity contribution < 1.29 is 41.9 Å². The van der Waals surface area contributed by atoms with Gasteiger partial charge in [0.2, 0.25) is 5.91 Å². The van der Waals surface area contributed by atoms with Crippen LogP contribution in [0.1, 0.15) is 57.8 Å². The van der Waals surface area contributed by atoms with Crippen molar-refractivity contribution in [3.63, 3.8) is 0 Å². The molecule has 12 heteroatoms. The van der Waals surface area contributed by atoms with Crippen LogP contribution in [0.5, 0.6) is 0 Å². The summed E-state index contributed by atoms with van der Waals surface area (Å²) in [6, 6.07) is 2.97. The Bertz CT molecular complexity index is 930. The summed E-state index contributed by atoms with van der Waals surface area (Å²) in [5, 5.41) is 22.7. The fourth-order valence-corrected chi connectivity index (χ4v) is 4.24. The van der Waals surface area contributed by atoms with Crippen molar-refractivity contribution in [1.29, 1.82) is 0 Å². The minimum absolute atomic E-state index is 0.0383. The molecule has 0 aliphatic carbocycles. The number of amides is 1. The van der Waals surface area contributed by atoms with E-state index in [4.69, 9.17) is 8.92 Å². The van der Waals surface area contributed by atoms with Gasteiger partial charge in [-0.1, -0.05) is 20.8 Å². The number of esters is 1. The van der Waals surface area contributed by atoms with Crippen LogP contribution in [0.3, 0.4) is 0 Å². The first-order valence-electron chi connectivity index (χ1n) is 10.4. The zero-order chi connectivity index (χ0) is 25.4. The summed E-state index contributed by atoms with van der Waals surface area (Å²) >= 11 is 0. The van der Waals surface area contributed by atoms with Crippen LogP contribution in [-0.2, 0) is 28.6 Å². The van der Waals surface area contributed by atoms with E-state index >= 15 is 0 Å². The first kappa shape index (κ1) is 28.5. The molecule has 3 atom stereocenters. The predicted molar refractivity (Wildman–Crippen MR) is 118 cm³/mol. The Hall–Kier alpha value is -2.57. The minimum Gasteiger partial charge on any atom is -0.479 e. The Balaban J connectivity index is 3.26. The van der Waals surface area contributed by atoms with E-state index in [9.17, 15) is 33.0 Å². The SMILES string of the molecule is CCC(OC(=O)c1cccnc1)C(OS(=O)(=O)CCCNC(C)=O)C(C)(C)[C@@](C)(O)C(=O)O. The van der Waals surface area contributed by atoms with E-state index < -0.39 is 51.0 Å². The van der Waals surface area contributed by atoms with Crippen molar-refractivity contribution in [2.75, 3.05) is 12.3 Å². The number of carboxylic acid groups (broad SMARTS) is 1. The molecule has 0 aromatic carbocycles. The van der Waals surface area contributed by atoms with Crippen molar-refractivity contribution in [3.05, 3.63) is 30.1 Å². The standard InChI is InChI=1S/C21H32N2O9S/c1-6-16(31-18(25)15-9-7-10-22-13-15)17(20(3,4)21(5,28)19(26)27)32-33(29,30)12-8-11-23-14(2)24/h7,9-10,13,16-17,28H,6,8,11-12H2,1-5H3,(H,23,24)(H,26,27)/t16?,17?,21-/m0/s1. The molecule has 0 radical (unpaired) electrons. The molecule has 0 aliphatic heterocycles. The van der Waals surface area contributed by atoms with Crippen LogP contribution in [0, 0.1) is 5.41 Å². The van der Waals surface area contributed by atoms with Crippen LogP contribution in [-0.4, -0.2) is 71.6 Å². The number of pyridine rings is 1. The van der Waals surface area contributed by atoms with Gasteiger partial charge in [-0.25, -0.2) is 9.59 Å². The molecule has 1 amide bonds. The summed E-state index contributed by atoms with van der Waals surface area (Å²) in [6.45, 7) is 6.64. The molecule has 0 bridgehead atoms. The molecular weight excluding hydrogens is 456 g/mol. The first-order valence-corrected chi connectivity index (χ1v) is 12.0. The average Bonchev–Trinajstić information content (AvgIpc) is 2.73. The third-order valence-corrected chi connectivity index (χ3v) is 6.76. The van der Waals surface area contributed by atoms with Crippen LogP contribution in [0.4, 0.5) is 0 Å². The summed E-state index contributed by atoms with van der Waals surface area (Å²) in [7, 11) is -4.26. The van der Waals surface area contributed by atoms with Crippen LogP contribution < -0.4 is 5.32 Å². The lowest BCUT2D eigenvalue weighted by atomic mass is 9.70. The number of aliphatic hydroxyl groups is 1. The largest absolute Gasteiger partial charge is 0.479 e. The van der Waals surface area contributed by atoms with E-state index in [0.29, 0.717) is 0 Å². The number of carboxylic acids is 1. The molecule has 1 rings (SSSR count). The Kier molecular flexibility index (Phi) is 9.94. The Morgan fingerprint density at radius 1 is 1.24 bits per heavy atom. The number of nitrogens with one attached hydrogen (secondary N) is 1. The molecular formula is C21H32N2O9S. The van der Waals surface area contributed by atoms with Crippen molar-refractivity contribution in [3.8, 4) is 0 Å². The second-order valence-electron chi connectivity index (χ2n) is 8.31. The van der Waals surface area contributed by atoms with Crippen molar-refractivity contribution in [1.82, 2.24) is 10.3 Å². The zero-order valence-corrected chi connectivity index (χ0v) is 20.2. The number of hydrogen-bond donors (Lipinski definition) is 3. The zero-order valence-electron chi connectivity index (χ0n) is 19.4. The third-order valence-electron chi connectivity index (χ3n) is 5.47. The number of carbonyl (C=O) groups excluding carboxylic acids is 2. The van der Waals surface area contributed by atoms with Crippen LogP contribution >= 0.6 is 0 Å². The molecule has 3 N–H and O–H groups in total. The molecule has 0 aliphatic rings. The first-order chi connectivity index (χ1) is 15.2. The maximum absolute atomic E-state index is 12.7. The topological polar surface area (TPSA) is 169 Å². The number of rotatable bonds is 13. The molecule has 1 aromatic heterocycles. The van der Waals surface area contributed by atoms with Gasteiger partial charge in [0.05, 0.1) is 11.3 Å². The van der Waals surface area contributed by atoms with Gasteiger partial charge in [0.25, 0.3) is 10.1 Å². The van der Waals surface area contributed by atoms with E-state index in [1.807, 2.05) is 0 Å². The van der Waals surface area contributed by atoms with E-state index in [2.05, 4.69) is 10.3 Å². The number of carbonyl (C=O) groups is 3. The highest BCUT2D eigenvalue weighted by Gasteiger charge is 2.55. The fraction of sp³-hybridized carbons (Fsp3) is 0.619. The number of ether oxygens (including phenoxy) is 1. The van der Waals surface area contributed by atoms with Gasteiger partial charge in [-0.05, 0) is 31.9 Å². The summed E-state index contributed by atoms with van der Waals surface area (Å²) < 4.78 is 36.2. The van der Waals surface area contributed by atoms with Gasteiger partial charge < -0.3 is 20.3 Å². The molecule has 2 unspecified atom stereocenters. The highest BCUT2D eigenvalue weighted by atomic mass is 32.2. The predicted octanol–water partition coefficient (Wildman–Crippen LogP) is 1.12. The Labute approximate surface area is 193 Å². The van der Waals surface area contributed by atoms with Gasteiger partial charge in [-0.2, -0.15) is 8.42 Å². The molecule has 0 spiro atoms. The monoisotopic (exact) mass is 488 g/mol. The number of nitrogens with zero attached hydrogens (tertiary/aromatic N) is 1. The molecule has 0 saturated heterocycles. The number of aliphatic carboxylic acids is 1.